The van der Waals surface area contributed by atoms with Gasteiger partial charge in [0.15, 0.2) is 0 Å². The molecule has 1 aliphatic carbocycles. The third-order valence-corrected chi connectivity index (χ3v) is 5.46. The number of nitrogens with zero attached hydrogens (tertiary/aromatic N) is 1. The molecule has 2 unspecified atom stereocenters. The van der Waals surface area contributed by atoms with E-state index in [2.05, 4.69) is 40.5 Å². The number of fused-ring (bicyclic) bond motifs is 1. The molecule has 1 aromatic rings. The molecule has 2 saturated heterocycles. The average molecular weight is 256 g/mol. The molecule has 2 heterocycles. The van der Waals surface area contributed by atoms with Crippen LogP contribution in [0.4, 0.5) is 0 Å². The van der Waals surface area contributed by atoms with Crippen molar-refractivity contribution in [2.24, 2.45) is 0 Å². The lowest BCUT2D eigenvalue weighted by atomic mass is 9.75. The van der Waals surface area contributed by atoms with Crippen molar-refractivity contribution < 1.29 is 0 Å². The first kappa shape index (κ1) is 11.9. The Balaban J connectivity index is 1.30. The van der Waals surface area contributed by atoms with E-state index in [9.17, 15) is 0 Å². The molecule has 3 fully saturated rings. The van der Waals surface area contributed by atoms with E-state index in [1.54, 1.807) is 0 Å². The van der Waals surface area contributed by atoms with Crippen molar-refractivity contribution in [3.63, 3.8) is 0 Å². The van der Waals surface area contributed by atoms with E-state index in [1.165, 1.54) is 50.8 Å². The normalized spacial score (nSPS) is 38.1. The Labute approximate surface area is 116 Å². The van der Waals surface area contributed by atoms with Crippen LogP contribution in [0.15, 0.2) is 30.3 Å². The number of benzene rings is 1. The first-order valence-corrected chi connectivity index (χ1v) is 7.95. The van der Waals surface area contributed by atoms with Crippen LogP contribution in [-0.4, -0.2) is 36.1 Å². The largest absolute Gasteiger partial charge is 0.310 e. The molecule has 0 radical (unpaired) electrons. The molecule has 102 valence electrons. The highest BCUT2D eigenvalue weighted by molar-refractivity contribution is 5.23. The van der Waals surface area contributed by atoms with Crippen molar-refractivity contribution in [3.05, 3.63) is 35.9 Å². The summed E-state index contributed by atoms with van der Waals surface area (Å²) in [7, 11) is 0. The van der Waals surface area contributed by atoms with Crippen molar-refractivity contribution in [2.75, 3.05) is 13.1 Å². The van der Waals surface area contributed by atoms with Gasteiger partial charge in [-0.3, -0.25) is 4.90 Å². The highest BCUT2D eigenvalue weighted by Crippen LogP contribution is 2.38. The highest BCUT2D eigenvalue weighted by Gasteiger charge is 2.40. The topological polar surface area (TPSA) is 15.3 Å². The molecular formula is C17H24N2. The van der Waals surface area contributed by atoms with Gasteiger partial charge in [0.25, 0.3) is 0 Å². The van der Waals surface area contributed by atoms with E-state index in [4.69, 9.17) is 0 Å². The zero-order valence-corrected chi connectivity index (χ0v) is 11.6. The van der Waals surface area contributed by atoms with Crippen molar-refractivity contribution in [2.45, 2.75) is 56.1 Å². The third kappa shape index (κ3) is 2.21. The van der Waals surface area contributed by atoms with E-state index in [1.807, 2.05) is 0 Å². The van der Waals surface area contributed by atoms with Gasteiger partial charge in [0.05, 0.1) is 0 Å². The summed E-state index contributed by atoms with van der Waals surface area (Å²) in [4.78, 5) is 2.70. The molecule has 0 amide bonds. The zero-order chi connectivity index (χ0) is 12.7. The van der Waals surface area contributed by atoms with Gasteiger partial charge in [0.2, 0.25) is 0 Å². The van der Waals surface area contributed by atoms with Gasteiger partial charge in [-0.1, -0.05) is 30.3 Å². The third-order valence-electron chi connectivity index (χ3n) is 5.46. The van der Waals surface area contributed by atoms with Crippen LogP contribution < -0.4 is 5.32 Å². The molecular weight excluding hydrogens is 232 g/mol. The Kier molecular flexibility index (Phi) is 3.08. The maximum absolute atomic E-state index is 3.94. The van der Waals surface area contributed by atoms with Gasteiger partial charge in [0.1, 0.15) is 0 Å². The molecule has 1 aromatic carbocycles. The molecule has 2 aliphatic heterocycles. The van der Waals surface area contributed by atoms with Crippen LogP contribution in [0.2, 0.25) is 0 Å². The number of rotatable bonds is 3. The van der Waals surface area contributed by atoms with Crippen LogP contribution in [0, 0.1) is 0 Å². The number of nitrogens with one attached hydrogen (secondary N) is 1. The average Bonchev–Trinajstić information content (AvgIpc) is 2.98. The molecule has 3 aliphatic rings. The summed E-state index contributed by atoms with van der Waals surface area (Å²) < 4.78 is 0. The predicted octanol–water partition coefficient (Wildman–Crippen LogP) is 2.76. The van der Waals surface area contributed by atoms with E-state index in [0.717, 1.165) is 24.0 Å². The second kappa shape index (κ2) is 4.92. The summed E-state index contributed by atoms with van der Waals surface area (Å²) in [6.45, 7) is 2.68. The highest BCUT2D eigenvalue weighted by atomic mass is 15.2. The molecule has 0 bridgehead atoms. The minimum Gasteiger partial charge on any atom is -0.310 e. The summed E-state index contributed by atoms with van der Waals surface area (Å²) in [5.74, 6) is 0.805. The summed E-state index contributed by atoms with van der Waals surface area (Å²) in [6.07, 6.45) is 6.89. The van der Waals surface area contributed by atoms with E-state index in [0.29, 0.717) is 0 Å². The second-order valence-electron chi connectivity index (χ2n) is 6.58. The lowest BCUT2D eigenvalue weighted by Gasteiger charge is -2.39. The van der Waals surface area contributed by atoms with Crippen LogP contribution >= 0.6 is 0 Å². The molecule has 1 N–H and O–H groups in total. The summed E-state index contributed by atoms with van der Waals surface area (Å²) >= 11 is 0. The monoisotopic (exact) mass is 256 g/mol. The fraction of sp³-hybridized carbons (Fsp3) is 0.647. The molecule has 0 aromatic heterocycles. The van der Waals surface area contributed by atoms with Gasteiger partial charge in [-0.25, -0.2) is 0 Å². The maximum Gasteiger partial charge on any atom is 0.0250 e. The molecule has 2 nitrogen and oxygen atoms in total. The standard InChI is InChI=1S/C17H24N2/c1-2-5-13(6-3-1)14-11-15(12-14)18-16-8-10-19-9-4-7-17(16)19/h1-3,5-6,14-18H,4,7-12H2. The molecule has 1 saturated carbocycles. The van der Waals surface area contributed by atoms with Crippen LogP contribution in [-0.2, 0) is 0 Å². The lowest BCUT2D eigenvalue weighted by Crippen LogP contribution is -2.49. The summed E-state index contributed by atoms with van der Waals surface area (Å²) in [5.41, 5.74) is 1.54. The predicted molar refractivity (Wildman–Crippen MR) is 78.3 cm³/mol. The van der Waals surface area contributed by atoms with Crippen LogP contribution in [0.1, 0.15) is 43.6 Å². The molecule has 4 rings (SSSR count). The Hall–Kier alpha value is -0.860. The van der Waals surface area contributed by atoms with Gasteiger partial charge in [-0.15, -0.1) is 0 Å². The van der Waals surface area contributed by atoms with Crippen molar-refractivity contribution >= 4 is 0 Å². The summed E-state index contributed by atoms with van der Waals surface area (Å²) in [6, 6.07) is 13.4. The molecule has 19 heavy (non-hydrogen) atoms. The quantitative estimate of drug-likeness (QED) is 0.894. The van der Waals surface area contributed by atoms with E-state index in [-0.39, 0.29) is 0 Å². The summed E-state index contributed by atoms with van der Waals surface area (Å²) in [5, 5.41) is 3.94. The van der Waals surface area contributed by atoms with E-state index >= 15 is 0 Å². The van der Waals surface area contributed by atoms with Gasteiger partial charge in [-0.2, -0.15) is 0 Å². The molecule has 2 atom stereocenters. The minimum absolute atomic E-state index is 0.774. The van der Waals surface area contributed by atoms with Gasteiger partial charge >= 0.3 is 0 Å². The Bertz CT molecular complexity index is 424. The molecule has 2 heteroatoms. The Morgan fingerprint density at radius 3 is 2.68 bits per heavy atom. The van der Waals surface area contributed by atoms with Crippen LogP contribution in [0.5, 0.6) is 0 Å². The smallest absolute Gasteiger partial charge is 0.0250 e. The maximum atomic E-state index is 3.94. The first-order chi connectivity index (χ1) is 9.40. The molecule has 0 spiro atoms. The second-order valence-corrected chi connectivity index (χ2v) is 6.58. The van der Waals surface area contributed by atoms with Gasteiger partial charge < -0.3 is 5.32 Å². The first-order valence-electron chi connectivity index (χ1n) is 7.95. The fourth-order valence-electron chi connectivity index (χ4n) is 4.33. The zero-order valence-electron chi connectivity index (χ0n) is 11.6. The van der Waals surface area contributed by atoms with Crippen LogP contribution in [0.3, 0.4) is 0 Å². The lowest BCUT2D eigenvalue weighted by molar-refractivity contribution is 0.234. The van der Waals surface area contributed by atoms with Crippen molar-refractivity contribution in [3.8, 4) is 0 Å². The fourth-order valence-corrected chi connectivity index (χ4v) is 4.33. The SMILES string of the molecule is c1ccc(C2CC(NC3CCN4CCCC34)C2)cc1. The number of hydrogen-bond donors (Lipinski definition) is 1. The Morgan fingerprint density at radius 2 is 1.84 bits per heavy atom. The van der Waals surface area contributed by atoms with Gasteiger partial charge in [0, 0.05) is 24.7 Å². The van der Waals surface area contributed by atoms with E-state index < -0.39 is 0 Å². The minimum atomic E-state index is 0.774. The van der Waals surface area contributed by atoms with Crippen molar-refractivity contribution in [1.29, 1.82) is 0 Å². The van der Waals surface area contributed by atoms with Gasteiger partial charge in [-0.05, 0) is 50.1 Å². The van der Waals surface area contributed by atoms with Crippen molar-refractivity contribution in [1.82, 2.24) is 10.2 Å². The van der Waals surface area contributed by atoms with Crippen LogP contribution in [0.25, 0.3) is 0 Å². The number of hydrogen-bond acceptors (Lipinski definition) is 2. The Morgan fingerprint density at radius 1 is 1.00 bits per heavy atom.